The molecule has 1 aromatic heterocycles. The number of allylic oxidation sites excluding steroid dienone is 2. The predicted octanol–water partition coefficient (Wildman–Crippen LogP) is 6.61. The van der Waals surface area contributed by atoms with Gasteiger partial charge in [0.1, 0.15) is 17.7 Å². The number of thiophene rings is 1. The molecule has 1 amide bonds. The highest BCUT2D eigenvalue weighted by Gasteiger charge is 2.42. The number of ether oxygens (including phenoxy) is 2. The van der Waals surface area contributed by atoms with E-state index in [-0.39, 0.29) is 24.0 Å². The summed E-state index contributed by atoms with van der Waals surface area (Å²) in [5.41, 5.74) is 5.10. The highest BCUT2D eigenvalue weighted by molar-refractivity contribution is 7.16. The Bertz CT molecular complexity index is 1510. The molecule has 0 radical (unpaired) electrons. The maximum absolute atomic E-state index is 13.8. The van der Waals surface area contributed by atoms with Crippen molar-refractivity contribution in [3.8, 4) is 17.6 Å². The van der Waals surface area contributed by atoms with E-state index in [4.69, 9.17) is 9.47 Å². The molecular weight excluding hydrogens is 508 g/mol. The lowest BCUT2D eigenvalue weighted by atomic mass is 9.77. The summed E-state index contributed by atoms with van der Waals surface area (Å²) in [5, 5.41) is 10.8. The molecule has 2 aliphatic carbocycles. The summed E-state index contributed by atoms with van der Waals surface area (Å²) in [6.45, 7) is 0.410. The van der Waals surface area contributed by atoms with Crippen molar-refractivity contribution in [3.63, 3.8) is 0 Å². The van der Waals surface area contributed by atoms with Crippen LogP contribution in [-0.4, -0.2) is 18.8 Å². The quantitative estimate of drug-likeness (QED) is 0.353. The largest absolute Gasteiger partial charge is 0.493 e. The lowest BCUT2D eigenvalue weighted by Crippen LogP contribution is -2.40. The van der Waals surface area contributed by atoms with E-state index in [0.717, 1.165) is 48.1 Å². The monoisotopic (exact) mass is 538 g/mol. The number of Topliss-reactive ketones (excluding diaryl/α,β-unsaturated/α-hetero) is 1. The second-order valence-electron chi connectivity index (χ2n) is 10.3. The van der Waals surface area contributed by atoms with Crippen LogP contribution in [0.3, 0.4) is 0 Å². The van der Waals surface area contributed by atoms with Crippen molar-refractivity contribution in [1.82, 2.24) is 0 Å². The number of benzene rings is 2. The van der Waals surface area contributed by atoms with Crippen LogP contribution in [0.15, 0.2) is 59.8 Å². The molecule has 198 valence electrons. The van der Waals surface area contributed by atoms with Gasteiger partial charge in [-0.15, -0.1) is 11.3 Å². The Hall–Kier alpha value is -3.89. The summed E-state index contributed by atoms with van der Waals surface area (Å²) in [6, 6.07) is 18.0. The summed E-state index contributed by atoms with van der Waals surface area (Å²) in [4.78, 5) is 30.2. The van der Waals surface area contributed by atoms with E-state index in [0.29, 0.717) is 53.5 Å². The van der Waals surface area contributed by atoms with Crippen molar-refractivity contribution < 1.29 is 19.1 Å². The maximum Gasteiger partial charge on any atom is 0.232 e. The Morgan fingerprint density at radius 2 is 1.82 bits per heavy atom. The summed E-state index contributed by atoms with van der Waals surface area (Å²) >= 11 is 1.56. The Morgan fingerprint density at radius 1 is 1.00 bits per heavy atom. The molecule has 2 heterocycles. The van der Waals surface area contributed by atoms with Crippen LogP contribution < -0.4 is 14.4 Å². The number of nitriles is 1. The number of anilines is 1. The number of hydrogen-bond acceptors (Lipinski definition) is 6. The number of fused-ring (bicyclic) bond motifs is 1. The summed E-state index contributed by atoms with van der Waals surface area (Å²) < 4.78 is 11.7. The molecule has 0 saturated heterocycles. The minimum atomic E-state index is -0.353. The molecular formula is C32H30N2O4S. The predicted molar refractivity (Wildman–Crippen MR) is 150 cm³/mol. The van der Waals surface area contributed by atoms with Gasteiger partial charge in [0.05, 0.1) is 12.7 Å². The molecule has 7 heteroatoms. The molecule has 1 atom stereocenters. The number of carbonyl (C=O) groups excluding carboxylic acids is 2. The van der Waals surface area contributed by atoms with Crippen LogP contribution in [0.25, 0.3) is 0 Å². The van der Waals surface area contributed by atoms with Gasteiger partial charge in [-0.2, -0.15) is 5.26 Å². The van der Waals surface area contributed by atoms with Crippen molar-refractivity contribution in [1.29, 1.82) is 5.26 Å². The fourth-order valence-electron chi connectivity index (χ4n) is 6.09. The SMILES string of the molecule is COc1cc([C@H]2CC(=O)N(c3sc4c(c3C#N)CCCC4)C3=C2C(=O)CCC3)ccc1OCc1ccccc1. The van der Waals surface area contributed by atoms with Gasteiger partial charge in [0.25, 0.3) is 0 Å². The Kier molecular flexibility index (Phi) is 6.97. The van der Waals surface area contributed by atoms with E-state index in [1.807, 2.05) is 48.5 Å². The van der Waals surface area contributed by atoms with Crippen LogP contribution in [0, 0.1) is 11.3 Å². The Balaban J connectivity index is 1.37. The smallest absolute Gasteiger partial charge is 0.232 e. The Morgan fingerprint density at radius 3 is 2.62 bits per heavy atom. The fraction of sp³-hybridized carbons (Fsp3) is 0.344. The van der Waals surface area contributed by atoms with Crippen LogP contribution in [0.5, 0.6) is 11.5 Å². The van der Waals surface area contributed by atoms with Crippen molar-refractivity contribution in [3.05, 3.63) is 86.9 Å². The number of ketones is 1. The Labute approximate surface area is 232 Å². The first-order valence-electron chi connectivity index (χ1n) is 13.6. The van der Waals surface area contributed by atoms with Gasteiger partial charge >= 0.3 is 0 Å². The van der Waals surface area contributed by atoms with Gasteiger partial charge in [-0.3, -0.25) is 14.5 Å². The number of hydrogen-bond donors (Lipinski definition) is 0. The first-order valence-corrected chi connectivity index (χ1v) is 14.4. The van der Waals surface area contributed by atoms with Gasteiger partial charge in [0.2, 0.25) is 5.91 Å². The maximum atomic E-state index is 13.8. The lowest BCUT2D eigenvalue weighted by molar-refractivity contribution is -0.119. The molecule has 0 fully saturated rings. The van der Waals surface area contributed by atoms with Gasteiger partial charge in [-0.25, -0.2) is 0 Å². The van der Waals surface area contributed by atoms with E-state index in [1.54, 1.807) is 23.3 Å². The second-order valence-corrected chi connectivity index (χ2v) is 11.4. The number of aryl methyl sites for hydroxylation is 1. The summed E-state index contributed by atoms with van der Waals surface area (Å²) in [7, 11) is 1.60. The normalized spacial score (nSPS) is 18.9. The van der Waals surface area contributed by atoms with Crippen LogP contribution in [0.4, 0.5) is 5.00 Å². The molecule has 3 aliphatic rings. The van der Waals surface area contributed by atoms with Gasteiger partial charge in [-0.05, 0) is 67.3 Å². The third-order valence-corrected chi connectivity index (χ3v) is 9.25. The molecule has 2 aromatic carbocycles. The zero-order valence-corrected chi connectivity index (χ0v) is 22.8. The molecule has 0 spiro atoms. The van der Waals surface area contributed by atoms with Crippen LogP contribution in [0.2, 0.25) is 0 Å². The van der Waals surface area contributed by atoms with Crippen LogP contribution in [-0.2, 0) is 29.0 Å². The van der Waals surface area contributed by atoms with E-state index in [2.05, 4.69) is 6.07 Å². The minimum absolute atomic E-state index is 0.0630. The summed E-state index contributed by atoms with van der Waals surface area (Å²) in [5.74, 6) is 0.852. The molecule has 0 bridgehead atoms. The van der Waals surface area contributed by atoms with E-state index in [1.165, 1.54) is 4.88 Å². The number of methoxy groups -OCH3 is 1. The average Bonchev–Trinajstić information content (AvgIpc) is 3.34. The highest BCUT2D eigenvalue weighted by atomic mass is 32.1. The molecule has 39 heavy (non-hydrogen) atoms. The topological polar surface area (TPSA) is 79.6 Å². The first kappa shape index (κ1) is 25.4. The van der Waals surface area contributed by atoms with Gasteiger partial charge < -0.3 is 9.47 Å². The van der Waals surface area contributed by atoms with E-state index in [9.17, 15) is 14.9 Å². The number of nitrogens with zero attached hydrogens (tertiary/aromatic N) is 2. The molecule has 0 saturated carbocycles. The fourth-order valence-corrected chi connectivity index (χ4v) is 7.47. The van der Waals surface area contributed by atoms with Gasteiger partial charge in [0, 0.05) is 34.9 Å². The van der Waals surface area contributed by atoms with Crippen LogP contribution in [0.1, 0.15) is 71.6 Å². The molecule has 6 rings (SSSR count). The molecule has 1 aliphatic heterocycles. The second kappa shape index (κ2) is 10.7. The third kappa shape index (κ3) is 4.63. The molecule has 0 N–H and O–H groups in total. The van der Waals surface area contributed by atoms with E-state index < -0.39 is 0 Å². The average molecular weight is 539 g/mol. The zero-order valence-electron chi connectivity index (χ0n) is 22.0. The van der Waals surface area contributed by atoms with E-state index >= 15 is 0 Å². The van der Waals surface area contributed by atoms with Gasteiger partial charge in [-0.1, -0.05) is 36.4 Å². The van der Waals surface area contributed by atoms with Crippen molar-refractivity contribution in [2.45, 2.75) is 63.9 Å². The van der Waals surface area contributed by atoms with Crippen molar-refractivity contribution in [2.24, 2.45) is 0 Å². The third-order valence-electron chi connectivity index (χ3n) is 7.97. The molecule has 0 unspecified atom stereocenters. The van der Waals surface area contributed by atoms with Gasteiger partial charge in [0.15, 0.2) is 17.3 Å². The van der Waals surface area contributed by atoms with Crippen LogP contribution >= 0.6 is 11.3 Å². The zero-order chi connectivity index (χ0) is 26.9. The summed E-state index contributed by atoms with van der Waals surface area (Å²) in [6.07, 6.45) is 5.98. The number of carbonyl (C=O) groups is 2. The number of rotatable bonds is 6. The number of amides is 1. The van der Waals surface area contributed by atoms with Crippen molar-refractivity contribution >= 4 is 28.0 Å². The standard InChI is InChI=1S/C32H30N2O4S/c1-37-28-16-21(14-15-27(28)38-19-20-8-3-2-4-9-20)23-17-30(36)34(25-11-7-12-26(35)31(23)25)32-24(18-33)22-10-5-6-13-29(22)39-32/h2-4,8-9,14-16,23H,5-7,10-13,17,19H2,1H3/t23-/m1/s1. The van der Waals surface area contributed by atoms with Crippen molar-refractivity contribution in [2.75, 3.05) is 12.0 Å². The molecule has 6 nitrogen and oxygen atoms in total. The first-order chi connectivity index (χ1) is 19.1. The minimum Gasteiger partial charge on any atom is -0.493 e. The molecule has 3 aromatic rings. The lowest BCUT2D eigenvalue weighted by Gasteiger charge is -2.38. The highest BCUT2D eigenvalue weighted by Crippen LogP contribution is 2.48.